The first kappa shape index (κ1) is 17.0. The van der Waals surface area contributed by atoms with Gasteiger partial charge in [0.15, 0.2) is 0 Å². The standard InChI is InChI=1S/C17H19F3N6/c1-11-6-16(24-9-21-11)26-5-3-12-2-4-25(8-13(12)26)15-7-14(17(18,19)20)22-10-23-15/h6-7,9-10,12-13H,2-5,8H2,1H3. The lowest BCUT2D eigenvalue weighted by Gasteiger charge is -2.39. The number of halogens is 3. The van der Waals surface area contributed by atoms with E-state index in [2.05, 4.69) is 24.8 Å². The van der Waals surface area contributed by atoms with Crippen LogP contribution in [0.2, 0.25) is 0 Å². The van der Waals surface area contributed by atoms with E-state index in [0.717, 1.165) is 43.3 Å². The van der Waals surface area contributed by atoms with Crippen molar-refractivity contribution in [1.82, 2.24) is 19.9 Å². The SMILES string of the molecule is Cc1cc(N2CCC3CCN(c4cc(C(F)(F)F)ncn4)CC32)ncn1. The van der Waals surface area contributed by atoms with E-state index < -0.39 is 11.9 Å². The Morgan fingerprint density at radius 2 is 1.69 bits per heavy atom. The van der Waals surface area contributed by atoms with Crippen LogP contribution < -0.4 is 9.80 Å². The van der Waals surface area contributed by atoms with Gasteiger partial charge in [-0.25, -0.2) is 19.9 Å². The normalized spacial score (nSPS) is 23.2. The molecule has 0 radical (unpaired) electrons. The van der Waals surface area contributed by atoms with Gasteiger partial charge in [-0.3, -0.25) is 0 Å². The summed E-state index contributed by atoms with van der Waals surface area (Å²) in [4.78, 5) is 20.1. The second kappa shape index (κ2) is 6.37. The third-order valence-corrected chi connectivity index (χ3v) is 5.21. The maximum atomic E-state index is 12.9. The molecule has 0 aromatic carbocycles. The van der Waals surface area contributed by atoms with Crippen molar-refractivity contribution in [2.24, 2.45) is 5.92 Å². The quantitative estimate of drug-likeness (QED) is 0.817. The summed E-state index contributed by atoms with van der Waals surface area (Å²) in [5.41, 5.74) is -0.00365. The van der Waals surface area contributed by atoms with Crippen LogP contribution >= 0.6 is 0 Å². The van der Waals surface area contributed by atoms with Crippen molar-refractivity contribution in [2.45, 2.75) is 32.0 Å². The zero-order valence-electron chi connectivity index (χ0n) is 14.3. The summed E-state index contributed by atoms with van der Waals surface area (Å²) in [5, 5.41) is 0. The molecule has 2 aromatic heterocycles. The van der Waals surface area contributed by atoms with Crippen LogP contribution in [-0.2, 0) is 6.18 Å². The molecule has 0 N–H and O–H groups in total. The molecule has 0 aliphatic carbocycles. The Balaban J connectivity index is 1.57. The fourth-order valence-electron chi connectivity index (χ4n) is 3.91. The van der Waals surface area contributed by atoms with Crippen molar-refractivity contribution in [3.05, 3.63) is 36.2 Å². The Hall–Kier alpha value is -2.45. The van der Waals surface area contributed by atoms with Gasteiger partial charge in [-0.1, -0.05) is 0 Å². The average Bonchev–Trinajstić information content (AvgIpc) is 3.04. The number of anilines is 2. The molecule has 2 aliphatic heterocycles. The van der Waals surface area contributed by atoms with Gasteiger partial charge in [-0.2, -0.15) is 13.2 Å². The van der Waals surface area contributed by atoms with Crippen molar-refractivity contribution in [2.75, 3.05) is 29.4 Å². The second-order valence-electron chi connectivity index (χ2n) is 6.82. The molecule has 0 bridgehead atoms. The summed E-state index contributed by atoms with van der Waals surface area (Å²) in [6.07, 6.45) is 0.0761. The Morgan fingerprint density at radius 1 is 0.962 bits per heavy atom. The van der Waals surface area contributed by atoms with E-state index >= 15 is 0 Å². The van der Waals surface area contributed by atoms with Crippen LogP contribution in [0.1, 0.15) is 24.2 Å². The molecule has 2 aliphatic rings. The lowest BCUT2D eigenvalue weighted by atomic mass is 9.92. The largest absolute Gasteiger partial charge is 0.433 e. The first-order chi connectivity index (χ1) is 12.4. The highest BCUT2D eigenvalue weighted by Gasteiger charge is 2.40. The lowest BCUT2D eigenvalue weighted by Crippen LogP contribution is -2.49. The number of aromatic nitrogens is 4. The molecular formula is C17H19F3N6. The molecule has 2 fully saturated rings. The Labute approximate surface area is 149 Å². The number of piperidine rings is 1. The van der Waals surface area contributed by atoms with Crippen LogP contribution in [0.4, 0.5) is 24.8 Å². The molecule has 2 unspecified atom stereocenters. The van der Waals surface area contributed by atoms with Gasteiger partial charge in [0.1, 0.15) is 30.0 Å². The number of hydrogen-bond acceptors (Lipinski definition) is 6. The van der Waals surface area contributed by atoms with Crippen LogP contribution in [0, 0.1) is 12.8 Å². The highest BCUT2D eigenvalue weighted by atomic mass is 19.4. The van der Waals surface area contributed by atoms with Crippen LogP contribution in [0.5, 0.6) is 0 Å². The molecular weight excluding hydrogens is 345 g/mol. The fourth-order valence-corrected chi connectivity index (χ4v) is 3.91. The minimum atomic E-state index is -4.46. The van der Waals surface area contributed by atoms with E-state index in [4.69, 9.17) is 0 Å². The Kier molecular flexibility index (Phi) is 4.16. The Morgan fingerprint density at radius 3 is 2.46 bits per heavy atom. The minimum absolute atomic E-state index is 0.211. The van der Waals surface area contributed by atoms with Gasteiger partial charge in [0, 0.05) is 37.5 Å². The van der Waals surface area contributed by atoms with E-state index in [9.17, 15) is 13.2 Å². The number of alkyl halides is 3. The molecule has 138 valence electrons. The topological polar surface area (TPSA) is 58.0 Å². The molecule has 26 heavy (non-hydrogen) atoms. The van der Waals surface area contributed by atoms with Crippen molar-refractivity contribution >= 4 is 11.6 Å². The van der Waals surface area contributed by atoms with E-state index in [0.29, 0.717) is 24.8 Å². The first-order valence-electron chi connectivity index (χ1n) is 8.61. The zero-order valence-corrected chi connectivity index (χ0v) is 14.3. The van der Waals surface area contributed by atoms with Gasteiger partial charge in [-0.15, -0.1) is 0 Å². The van der Waals surface area contributed by atoms with Crippen LogP contribution in [-0.4, -0.2) is 45.6 Å². The predicted molar refractivity (Wildman–Crippen MR) is 89.9 cm³/mol. The second-order valence-corrected chi connectivity index (χ2v) is 6.82. The third kappa shape index (κ3) is 3.17. The summed E-state index contributed by atoms with van der Waals surface area (Å²) in [6.45, 7) is 4.15. The predicted octanol–water partition coefficient (Wildman–Crippen LogP) is 2.70. The van der Waals surface area contributed by atoms with Gasteiger partial charge in [-0.05, 0) is 25.7 Å². The molecule has 4 heterocycles. The Bertz CT molecular complexity index is 796. The van der Waals surface area contributed by atoms with Gasteiger partial charge in [0.25, 0.3) is 0 Å². The third-order valence-electron chi connectivity index (χ3n) is 5.21. The molecule has 0 spiro atoms. The van der Waals surface area contributed by atoms with Crippen LogP contribution in [0.3, 0.4) is 0 Å². The molecule has 2 aromatic rings. The van der Waals surface area contributed by atoms with E-state index in [1.807, 2.05) is 17.9 Å². The number of aryl methyl sites for hydroxylation is 1. The highest BCUT2D eigenvalue weighted by Crippen LogP contribution is 2.36. The zero-order chi connectivity index (χ0) is 18.3. The summed E-state index contributed by atoms with van der Waals surface area (Å²) in [5.74, 6) is 1.73. The van der Waals surface area contributed by atoms with E-state index in [-0.39, 0.29) is 6.04 Å². The smallest absolute Gasteiger partial charge is 0.354 e. The summed E-state index contributed by atoms with van der Waals surface area (Å²) >= 11 is 0. The molecule has 0 amide bonds. The molecule has 2 atom stereocenters. The van der Waals surface area contributed by atoms with Crippen LogP contribution in [0.15, 0.2) is 24.8 Å². The van der Waals surface area contributed by atoms with E-state index in [1.165, 1.54) is 0 Å². The van der Waals surface area contributed by atoms with Gasteiger partial charge < -0.3 is 9.80 Å². The number of rotatable bonds is 2. The van der Waals surface area contributed by atoms with Crippen molar-refractivity contribution in [1.29, 1.82) is 0 Å². The number of fused-ring (bicyclic) bond motifs is 1. The molecule has 4 rings (SSSR count). The van der Waals surface area contributed by atoms with Crippen LogP contribution in [0.25, 0.3) is 0 Å². The fraction of sp³-hybridized carbons (Fsp3) is 0.529. The average molecular weight is 364 g/mol. The van der Waals surface area contributed by atoms with Gasteiger partial charge >= 0.3 is 6.18 Å². The summed E-state index contributed by atoms with van der Waals surface area (Å²) < 4.78 is 38.8. The molecule has 6 nitrogen and oxygen atoms in total. The number of hydrogen-bond donors (Lipinski definition) is 0. The van der Waals surface area contributed by atoms with Gasteiger partial charge in [0.2, 0.25) is 0 Å². The summed E-state index contributed by atoms with van der Waals surface area (Å²) in [7, 11) is 0. The highest BCUT2D eigenvalue weighted by molar-refractivity contribution is 5.46. The first-order valence-corrected chi connectivity index (χ1v) is 8.61. The maximum absolute atomic E-state index is 12.9. The van der Waals surface area contributed by atoms with Crippen molar-refractivity contribution in [3.8, 4) is 0 Å². The molecule has 2 saturated heterocycles. The van der Waals surface area contributed by atoms with Gasteiger partial charge in [0.05, 0.1) is 6.04 Å². The maximum Gasteiger partial charge on any atom is 0.433 e. The number of nitrogens with zero attached hydrogens (tertiary/aromatic N) is 6. The monoisotopic (exact) mass is 364 g/mol. The molecule has 9 heteroatoms. The lowest BCUT2D eigenvalue weighted by molar-refractivity contribution is -0.141. The summed E-state index contributed by atoms with van der Waals surface area (Å²) in [6, 6.07) is 3.20. The van der Waals surface area contributed by atoms with E-state index in [1.54, 1.807) is 6.33 Å². The molecule has 0 saturated carbocycles. The van der Waals surface area contributed by atoms with Crippen molar-refractivity contribution in [3.63, 3.8) is 0 Å². The van der Waals surface area contributed by atoms with Crippen molar-refractivity contribution < 1.29 is 13.2 Å². The minimum Gasteiger partial charge on any atom is -0.354 e.